The van der Waals surface area contributed by atoms with Gasteiger partial charge in [-0.15, -0.1) is 0 Å². The van der Waals surface area contributed by atoms with E-state index in [4.69, 9.17) is 0 Å². The molecule has 2 heterocycles. The van der Waals surface area contributed by atoms with Gasteiger partial charge in [-0.3, -0.25) is 9.59 Å². The summed E-state index contributed by atoms with van der Waals surface area (Å²) >= 11 is 0. The van der Waals surface area contributed by atoms with Crippen molar-refractivity contribution in [3.63, 3.8) is 0 Å². The highest BCUT2D eigenvalue weighted by atomic mass is 16.3. The van der Waals surface area contributed by atoms with Gasteiger partial charge in [0.25, 0.3) is 0 Å². The maximum absolute atomic E-state index is 15.1. The standard InChI is InChI=1S/C58H52N2O4/c1-7-9-31-59-41-29-27-33-19-11-13-21-35(33)49(41)57(3,4)55(59)47-51(61)45(52(47)62)43-37-23-15-17-25-39(37)44(40-26-18-16-24-38(40)43)46-53(63)48(54(46)64)56-58(5,6)50-36-22-14-12-20-34(36)28-30-42(50)60(56)32-10-8-2/h11-30,47-48H,7-10,31-32H2,1-6H3/p+2. The van der Waals surface area contributed by atoms with Crippen LogP contribution >= 0.6 is 0 Å². The summed E-state index contributed by atoms with van der Waals surface area (Å²) in [5.41, 5.74) is 7.31. The molecule has 0 amide bonds. The highest BCUT2D eigenvalue weighted by molar-refractivity contribution is 6.44. The van der Waals surface area contributed by atoms with Crippen molar-refractivity contribution in [2.45, 2.75) is 78.1 Å². The first-order valence-corrected chi connectivity index (χ1v) is 23.2. The van der Waals surface area contributed by atoms with Crippen LogP contribution in [-0.4, -0.2) is 55.4 Å². The first-order valence-electron chi connectivity index (χ1n) is 23.2. The number of rotatable bonds is 10. The fraction of sp³-hybridized carbons (Fsp3) is 0.276. The average molecular weight is 843 g/mol. The minimum absolute atomic E-state index is 0.0794. The summed E-state index contributed by atoms with van der Waals surface area (Å²) < 4.78 is 4.62. The lowest BCUT2D eigenvalue weighted by molar-refractivity contribution is -0.441. The fourth-order valence-corrected chi connectivity index (χ4v) is 12.2. The lowest BCUT2D eigenvalue weighted by atomic mass is 9.65. The monoisotopic (exact) mass is 842 g/mol. The maximum Gasteiger partial charge on any atom is 0.210 e. The van der Waals surface area contributed by atoms with E-state index in [1.54, 1.807) is 0 Å². The number of Topliss-reactive ketones (excluding diaryl/α,β-unsaturated/α-hetero) is 2. The van der Waals surface area contributed by atoms with Gasteiger partial charge in [0, 0.05) is 47.2 Å². The molecule has 6 heteroatoms. The summed E-state index contributed by atoms with van der Waals surface area (Å²) in [6.45, 7) is 14.6. The van der Waals surface area contributed by atoms with E-state index in [1.807, 2.05) is 48.5 Å². The predicted octanol–water partition coefficient (Wildman–Crippen LogP) is 13.0. The first-order chi connectivity index (χ1) is 30.9. The van der Waals surface area contributed by atoms with Crippen LogP contribution in [0, 0.1) is 11.8 Å². The second-order valence-corrected chi connectivity index (χ2v) is 19.3. The lowest BCUT2D eigenvalue weighted by Crippen LogP contribution is -2.46. The summed E-state index contributed by atoms with van der Waals surface area (Å²) in [6, 6.07) is 41.2. The number of carbonyl (C=O) groups is 2. The largest absolute Gasteiger partial charge is 0.510 e. The number of unbranched alkanes of at least 4 members (excludes halogenated alkanes) is 2. The van der Waals surface area contributed by atoms with Crippen LogP contribution in [0.25, 0.3) is 54.2 Å². The van der Waals surface area contributed by atoms with Gasteiger partial charge < -0.3 is 10.2 Å². The Labute approximate surface area is 374 Å². The summed E-state index contributed by atoms with van der Waals surface area (Å²) in [5.74, 6) is -1.65. The van der Waals surface area contributed by atoms with Gasteiger partial charge in [0.05, 0.1) is 22.0 Å². The van der Waals surface area contributed by atoms with E-state index in [0.29, 0.717) is 22.3 Å². The Morgan fingerprint density at radius 3 is 1.12 bits per heavy atom. The van der Waals surface area contributed by atoms with E-state index < -0.39 is 22.7 Å². The molecular formula is C58H54N2O4+2. The molecule has 64 heavy (non-hydrogen) atoms. The number of hydrogen-bond acceptors (Lipinski definition) is 4. The number of hydrogen-bond donors (Lipinski definition) is 2. The molecule has 2 unspecified atom stereocenters. The number of carbonyl (C=O) groups excluding carboxylic acids is 2. The van der Waals surface area contributed by atoms with E-state index in [9.17, 15) is 10.2 Å². The second-order valence-electron chi connectivity index (χ2n) is 19.3. The van der Waals surface area contributed by atoms with Crippen LogP contribution in [-0.2, 0) is 20.4 Å². The molecule has 6 nitrogen and oxygen atoms in total. The highest BCUT2D eigenvalue weighted by Crippen LogP contribution is 2.55. The molecule has 2 N–H and O–H groups in total. The number of nitrogens with zero attached hydrogens (tertiary/aromatic N) is 2. The molecular weight excluding hydrogens is 789 g/mol. The first kappa shape index (κ1) is 40.1. The third-order valence-corrected chi connectivity index (χ3v) is 15.0. The summed E-state index contributed by atoms with van der Waals surface area (Å²) in [7, 11) is 0. The summed E-state index contributed by atoms with van der Waals surface area (Å²) in [5, 5.41) is 32.6. The number of ketones is 2. The Bertz CT molecular complexity index is 3100. The number of aliphatic hydroxyl groups is 2. The summed E-state index contributed by atoms with van der Waals surface area (Å²) in [4.78, 5) is 30.2. The molecule has 2 aliphatic heterocycles. The minimum Gasteiger partial charge on any atom is -0.510 e. The van der Waals surface area contributed by atoms with Gasteiger partial charge in [-0.1, -0.05) is 124 Å². The van der Waals surface area contributed by atoms with E-state index in [1.165, 1.54) is 11.1 Å². The van der Waals surface area contributed by atoms with Crippen molar-refractivity contribution in [1.82, 2.24) is 0 Å². The van der Waals surface area contributed by atoms with Crippen molar-refractivity contribution in [2.75, 3.05) is 13.1 Å². The Balaban J connectivity index is 1.07. The number of aliphatic hydroxyl groups excluding tert-OH is 2. The molecule has 4 aliphatic rings. The smallest absolute Gasteiger partial charge is 0.210 e. The van der Waals surface area contributed by atoms with Crippen LogP contribution in [0.3, 0.4) is 0 Å². The molecule has 0 aromatic heterocycles. The molecule has 7 aromatic rings. The van der Waals surface area contributed by atoms with E-state index >= 15 is 9.59 Å². The van der Waals surface area contributed by atoms with Crippen molar-refractivity contribution in [3.8, 4) is 0 Å². The van der Waals surface area contributed by atoms with Gasteiger partial charge in [-0.25, -0.2) is 0 Å². The van der Waals surface area contributed by atoms with Gasteiger partial charge in [-0.05, 0) is 82.9 Å². The number of allylic oxidation sites excluding steroid dienone is 4. The fourth-order valence-electron chi connectivity index (χ4n) is 12.2. The van der Waals surface area contributed by atoms with Crippen LogP contribution < -0.4 is 0 Å². The molecule has 0 fully saturated rings. The number of benzene rings is 7. The van der Waals surface area contributed by atoms with Crippen LogP contribution in [0.4, 0.5) is 11.4 Å². The molecule has 2 atom stereocenters. The third kappa shape index (κ3) is 5.32. The van der Waals surface area contributed by atoms with Gasteiger partial charge in [-0.2, -0.15) is 9.15 Å². The van der Waals surface area contributed by atoms with Crippen molar-refractivity contribution in [2.24, 2.45) is 11.8 Å². The zero-order valence-corrected chi connectivity index (χ0v) is 37.5. The maximum atomic E-state index is 15.1. The molecule has 0 radical (unpaired) electrons. The Kier molecular flexibility index (Phi) is 9.05. The zero-order chi connectivity index (χ0) is 44.4. The normalized spacial score (nSPS) is 20.0. The zero-order valence-electron chi connectivity index (χ0n) is 37.5. The molecule has 11 rings (SSSR count). The molecule has 0 saturated carbocycles. The van der Waals surface area contributed by atoms with Gasteiger partial charge >= 0.3 is 0 Å². The molecule has 318 valence electrons. The lowest BCUT2D eigenvalue weighted by Gasteiger charge is -2.34. The second kappa shape index (κ2) is 14.4. The predicted molar refractivity (Wildman–Crippen MR) is 261 cm³/mol. The molecule has 0 bridgehead atoms. The van der Waals surface area contributed by atoms with Crippen molar-refractivity contribution in [1.29, 1.82) is 0 Å². The highest BCUT2D eigenvalue weighted by Gasteiger charge is 2.60. The van der Waals surface area contributed by atoms with Crippen LogP contribution in [0.5, 0.6) is 0 Å². The Morgan fingerprint density at radius 1 is 0.469 bits per heavy atom. The average Bonchev–Trinajstić information content (AvgIpc) is 3.66. The molecule has 0 spiro atoms. The van der Waals surface area contributed by atoms with Crippen LogP contribution in [0.2, 0.25) is 0 Å². The van der Waals surface area contributed by atoms with Crippen molar-refractivity contribution >= 4 is 88.6 Å². The van der Waals surface area contributed by atoms with Crippen molar-refractivity contribution in [3.05, 3.63) is 155 Å². The van der Waals surface area contributed by atoms with Crippen LogP contribution in [0.1, 0.15) is 89.5 Å². The van der Waals surface area contributed by atoms with Gasteiger partial charge in [0.15, 0.2) is 34.8 Å². The molecule has 0 saturated heterocycles. The topological polar surface area (TPSA) is 80.6 Å². The Morgan fingerprint density at radius 2 is 0.797 bits per heavy atom. The van der Waals surface area contributed by atoms with Crippen molar-refractivity contribution < 1.29 is 29.0 Å². The SMILES string of the molecule is CCCC[N+]1=C(C2C(=O)C(c3c4ccccc4c(C4=C(O)C(C5=[N+](CCCC)c6ccc7ccccc7c6C5(C)C)C4=O)c4ccccc34)=C2O)C(C)(C)c2c1ccc1ccccc21. The van der Waals surface area contributed by atoms with E-state index in [-0.39, 0.29) is 23.1 Å². The van der Waals surface area contributed by atoms with E-state index in [0.717, 1.165) is 105 Å². The Hall–Kier alpha value is -6.66. The summed E-state index contributed by atoms with van der Waals surface area (Å²) in [6.07, 6.45) is 3.88. The van der Waals surface area contributed by atoms with Gasteiger partial charge in [0.1, 0.15) is 24.6 Å². The van der Waals surface area contributed by atoms with E-state index in [2.05, 4.69) is 123 Å². The number of fused-ring (bicyclic) bond motifs is 8. The minimum atomic E-state index is -0.797. The van der Waals surface area contributed by atoms with Gasteiger partial charge in [0.2, 0.25) is 11.4 Å². The molecule has 2 aliphatic carbocycles. The quantitative estimate of drug-likeness (QED) is 0.106. The molecule has 7 aromatic carbocycles. The van der Waals surface area contributed by atoms with Crippen LogP contribution in [0.15, 0.2) is 133 Å². The third-order valence-electron chi connectivity index (χ3n) is 15.0.